The van der Waals surface area contributed by atoms with Gasteiger partial charge in [-0.15, -0.1) is 0 Å². The van der Waals surface area contributed by atoms with Gasteiger partial charge in [0.2, 0.25) is 0 Å². The van der Waals surface area contributed by atoms with Gasteiger partial charge in [0.1, 0.15) is 6.61 Å². The Morgan fingerprint density at radius 1 is 1.00 bits per heavy atom. The summed E-state index contributed by atoms with van der Waals surface area (Å²) in [6.45, 7) is 4.26. The number of Topliss-reactive ketones (excluding diaryl/α,β-unsaturated/α-hetero) is 1. The van der Waals surface area contributed by atoms with Crippen LogP contribution in [0.2, 0.25) is 0 Å². The van der Waals surface area contributed by atoms with Gasteiger partial charge in [-0.2, -0.15) is 0 Å². The zero-order valence-electron chi connectivity index (χ0n) is 21.0. The lowest BCUT2D eigenvalue weighted by molar-refractivity contribution is -0.136. The summed E-state index contributed by atoms with van der Waals surface area (Å²) in [6.07, 6.45) is 0. The first-order valence-corrected chi connectivity index (χ1v) is 12.9. The van der Waals surface area contributed by atoms with Crippen LogP contribution in [0.1, 0.15) is 45.5 Å². The zero-order valence-corrected chi connectivity index (χ0v) is 23.1. The second kappa shape index (κ2) is 10.0. The first-order valence-electron chi connectivity index (χ1n) is 11.8. The number of carbonyl (C=O) groups is 2. The predicted octanol–water partition coefficient (Wildman–Crippen LogP) is 5.93. The van der Waals surface area contributed by atoms with E-state index >= 15 is 0 Å². The molecular weight excluding hydrogens is 581 g/mol. The average Bonchev–Trinajstić information content (AvgIpc) is 3.17. The number of ketones is 1. The maximum absolute atomic E-state index is 13.6. The van der Waals surface area contributed by atoms with E-state index in [1.54, 1.807) is 7.11 Å². The van der Waals surface area contributed by atoms with Crippen molar-refractivity contribution < 1.29 is 23.8 Å². The summed E-state index contributed by atoms with van der Waals surface area (Å²) >= 11 is 2.21. The van der Waals surface area contributed by atoms with Gasteiger partial charge < -0.3 is 19.5 Å². The minimum absolute atomic E-state index is 0.106. The molecular formula is C30H26INO5. The van der Waals surface area contributed by atoms with Crippen LogP contribution in [-0.2, 0) is 16.1 Å². The van der Waals surface area contributed by atoms with Crippen molar-refractivity contribution in [1.29, 1.82) is 0 Å². The number of halogens is 1. The molecule has 2 aliphatic rings. The van der Waals surface area contributed by atoms with Crippen molar-refractivity contribution in [1.82, 2.24) is 5.32 Å². The summed E-state index contributed by atoms with van der Waals surface area (Å²) in [6, 6.07) is 19.4. The van der Waals surface area contributed by atoms with Gasteiger partial charge in [0.25, 0.3) is 0 Å². The Labute approximate surface area is 229 Å². The summed E-state index contributed by atoms with van der Waals surface area (Å²) in [7, 11) is 2.93. The van der Waals surface area contributed by atoms with E-state index in [9.17, 15) is 9.59 Å². The first-order chi connectivity index (χ1) is 17.8. The fourth-order valence-corrected chi connectivity index (χ4v) is 5.83. The molecule has 3 aromatic carbocycles. The van der Waals surface area contributed by atoms with E-state index < -0.39 is 11.9 Å². The molecule has 0 saturated heterocycles. The Morgan fingerprint density at radius 3 is 2.46 bits per heavy atom. The number of dihydropyridines is 1. The first kappa shape index (κ1) is 25.1. The summed E-state index contributed by atoms with van der Waals surface area (Å²) < 4.78 is 17.9. The zero-order chi connectivity index (χ0) is 26.3. The molecule has 3 aromatic rings. The predicted molar refractivity (Wildman–Crippen MR) is 150 cm³/mol. The van der Waals surface area contributed by atoms with Crippen LogP contribution in [0.3, 0.4) is 0 Å². The molecule has 0 bridgehead atoms. The average molecular weight is 607 g/mol. The van der Waals surface area contributed by atoms with Gasteiger partial charge in [-0.3, -0.25) is 4.79 Å². The molecule has 6 nitrogen and oxygen atoms in total. The molecule has 1 N–H and O–H groups in total. The summed E-state index contributed by atoms with van der Waals surface area (Å²) in [5.74, 6) is -0.0837. The number of carbonyl (C=O) groups excluding carboxylic acids is 2. The van der Waals surface area contributed by atoms with Crippen molar-refractivity contribution in [3.63, 3.8) is 0 Å². The van der Waals surface area contributed by atoms with E-state index in [-0.39, 0.29) is 5.78 Å². The van der Waals surface area contributed by atoms with E-state index in [2.05, 4.69) is 34.0 Å². The highest BCUT2D eigenvalue weighted by molar-refractivity contribution is 14.1. The summed E-state index contributed by atoms with van der Waals surface area (Å²) in [4.78, 5) is 26.7. The Balaban J connectivity index is 1.60. The highest BCUT2D eigenvalue weighted by atomic mass is 127. The number of benzene rings is 3. The molecule has 0 aromatic heterocycles. The number of rotatable bonds is 6. The van der Waals surface area contributed by atoms with Crippen LogP contribution in [0, 0.1) is 10.5 Å². The monoisotopic (exact) mass is 607 g/mol. The van der Waals surface area contributed by atoms with Crippen molar-refractivity contribution >= 4 is 40.0 Å². The lowest BCUT2D eigenvalue weighted by Gasteiger charge is -2.29. The Bertz CT molecular complexity index is 1500. The Morgan fingerprint density at radius 2 is 1.76 bits per heavy atom. The largest absolute Gasteiger partial charge is 0.493 e. The van der Waals surface area contributed by atoms with Gasteiger partial charge in [0.05, 0.1) is 29.1 Å². The van der Waals surface area contributed by atoms with Gasteiger partial charge in [-0.05, 0) is 59.7 Å². The number of ether oxygens (including phenoxy) is 3. The number of nitrogens with one attached hydrogen (secondary N) is 1. The van der Waals surface area contributed by atoms with Crippen molar-refractivity contribution in [3.8, 4) is 11.5 Å². The van der Waals surface area contributed by atoms with E-state index in [0.29, 0.717) is 40.5 Å². The summed E-state index contributed by atoms with van der Waals surface area (Å²) in [5, 5.41) is 3.31. The second-order valence-electron chi connectivity index (χ2n) is 9.06. The number of hydrogen-bond acceptors (Lipinski definition) is 6. The molecule has 188 valence electrons. The smallest absolute Gasteiger partial charge is 0.336 e. The molecule has 37 heavy (non-hydrogen) atoms. The number of methoxy groups -OCH3 is 2. The van der Waals surface area contributed by atoms with Gasteiger partial charge >= 0.3 is 5.97 Å². The Kier molecular flexibility index (Phi) is 6.81. The van der Waals surface area contributed by atoms with E-state index in [1.807, 2.05) is 68.4 Å². The number of fused-ring (bicyclic) bond motifs is 2. The van der Waals surface area contributed by atoms with Crippen LogP contribution >= 0.6 is 22.6 Å². The molecule has 1 atom stereocenters. The fraction of sp³-hybridized carbons (Fsp3) is 0.200. The molecule has 0 unspecified atom stereocenters. The van der Waals surface area contributed by atoms with E-state index in [0.717, 1.165) is 31.5 Å². The van der Waals surface area contributed by atoms with Gasteiger partial charge in [0.15, 0.2) is 17.3 Å². The maximum atomic E-state index is 13.6. The minimum Gasteiger partial charge on any atom is -0.493 e. The fourth-order valence-electron chi connectivity index (χ4n) is 5.05. The maximum Gasteiger partial charge on any atom is 0.336 e. The number of hydrogen-bond donors (Lipinski definition) is 1. The van der Waals surface area contributed by atoms with Crippen LogP contribution in [0.15, 0.2) is 77.5 Å². The van der Waals surface area contributed by atoms with Gasteiger partial charge in [-0.1, -0.05) is 54.1 Å². The van der Waals surface area contributed by atoms with Gasteiger partial charge in [-0.25, -0.2) is 4.79 Å². The van der Waals surface area contributed by atoms with Crippen LogP contribution in [0.5, 0.6) is 11.5 Å². The van der Waals surface area contributed by atoms with Crippen LogP contribution in [0.4, 0.5) is 0 Å². The molecule has 0 spiro atoms. The van der Waals surface area contributed by atoms with Crippen molar-refractivity contribution in [2.45, 2.75) is 26.4 Å². The third-order valence-electron chi connectivity index (χ3n) is 6.70. The molecule has 0 radical (unpaired) electrons. The minimum atomic E-state index is -0.628. The van der Waals surface area contributed by atoms with Crippen LogP contribution in [0.25, 0.3) is 5.70 Å². The van der Waals surface area contributed by atoms with E-state index in [4.69, 9.17) is 14.2 Å². The number of aryl methyl sites for hydroxylation is 1. The quantitative estimate of drug-likeness (QED) is 0.277. The highest BCUT2D eigenvalue weighted by Crippen LogP contribution is 2.48. The molecule has 7 heteroatoms. The topological polar surface area (TPSA) is 73.9 Å². The molecule has 0 amide bonds. The third-order valence-corrected chi connectivity index (χ3v) is 7.51. The standard InChI is InChI=1S/C30H26INO5/c1-16-8-7-9-18(12-16)15-37-29-22(31)13-19(14-23(29)35-3)25-24(30(34)36-4)17(2)32-27-20-10-5-6-11-21(20)28(33)26(25)27/h5-14,25,32H,15H2,1-4H3/t25-/m1/s1. The normalized spacial score (nSPS) is 16.2. The molecule has 0 fully saturated rings. The third kappa shape index (κ3) is 4.41. The van der Waals surface area contributed by atoms with Gasteiger partial charge in [0, 0.05) is 28.3 Å². The summed E-state index contributed by atoms with van der Waals surface area (Å²) in [5.41, 5.74) is 6.70. The molecule has 5 rings (SSSR count). The number of esters is 1. The van der Waals surface area contributed by atoms with Crippen molar-refractivity contribution in [2.75, 3.05) is 14.2 Å². The molecule has 1 aliphatic heterocycles. The van der Waals surface area contributed by atoms with Crippen LogP contribution in [-0.4, -0.2) is 26.0 Å². The molecule has 0 saturated carbocycles. The SMILES string of the molecule is COC(=O)C1=C(C)NC2=C(C(=O)c3ccccc32)[C@@H]1c1cc(I)c(OCc2cccc(C)c2)c(OC)c1. The van der Waals surface area contributed by atoms with Crippen molar-refractivity contribution in [2.24, 2.45) is 0 Å². The van der Waals surface area contributed by atoms with E-state index in [1.165, 1.54) is 7.11 Å². The van der Waals surface area contributed by atoms with Crippen molar-refractivity contribution in [3.05, 3.63) is 109 Å². The number of allylic oxidation sites excluding steroid dienone is 2. The lowest BCUT2D eigenvalue weighted by atomic mass is 9.79. The lowest BCUT2D eigenvalue weighted by Crippen LogP contribution is -2.29. The molecule has 1 aliphatic carbocycles. The highest BCUT2D eigenvalue weighted by Gasteiger charge is 2.43. The molecule has 1 heterocycles. The second-order valence-corrected chi connectivity index (χ2v) is 10.2. The van der Waals surface area contributed by atoms with Crippen LogP contribution < -0.4 is 14.8 Å². The Hall–Kier alpha value is -3.59.